The molecule has 8 nitrogen and oxygen atoms in total. The molecule has 4 rings (SSSR count). The number of amides is 2. The molecule has 2 atom stereocenters. The highest BCUT2D eigenvalue weighted by Crippen LogP contribution is 2.31. The highest BCUT2D eigenvalue weighted by atomic mass is 32.2. The minimum atomic E-state index is -4.01. The molecule has 2 saturated heterocycles. The van der Waals surface area contributed by atoms with Crippen LogP contribution in [0.5, 0.6) is 5.75 Å². The number of ether oxygens (including phenoxy) is 2. The molecule has 2 unspecified atom stereocenters. The number of carbonyl (C=O) groups is 2. The van der Waals surface area contributed by atoms with Gasteiger partial charge in [-0.15, -0.1) is 0 Å². The van der Waals surface area contributed by atoms with Crippen LogP contribution in [-0.4, -0.2) is 56.4 Å². The first-order valence-corrected chi connectivity index (χ1v) is 12.1. The molecule has 0 spiro atoms. The van der Waals surface area contributed by atoms with Crippen LogP contribution < -0.4 is 9.64 Å². The van der Waals surface area contributed by atoms with E-state index in [1.54, 1.807) is 42.5 Å². The van der Waals surface area contributed by atoms with Gasteiger partial charge in [-0.2, -0.15) is 4.31 Å². The number of sulfonamides is 1. The third kappa shape index (κ3) is 4.41. The summed E-state index contributed by atoms with van der Waals surface area (Å²) in [4.78, 5) is 27.3. The molecule has 0 N–H and O–H groups in total. The van der Waals surface area contributed by atoms with Crippen LogP contribution in [0.1, 0.15) is 26.2 Å². The Morgan fingerprint density at radius 1 is 1.09 bits per heavy atom. The van der Waals surface area contributed by atoms with E-state index in [0.29, 0.717) is 31.1 Å². The summed E-state index contributed by atoms with van der Waals surface area (Å²) >= 11 is 0. The van der Waals surface area contributed by atoms with E-state index in [-0.39, 0.29) is 24.0 Å². The van der Waals surface area contributed by atoms with Crippen LogP contribution in [-0.2, 0) is 24.3 Å². The third-order valence-electron chi connectivity index (χ3n) is 5.63. The molecule has 0 bridgehead atoms. The topological polar surface area (TPSA) is 93.2 Å². The largest absolute Gasteiger partial charge is 0.494 e. The molecule has 2 amide bonds. The maximum Gasteiger partial charge on any atom is 0.252 e. The molecule has 2 aromatic carbocycles. The van der Waals surface area contributed by atoms with Crippen molar-refractivity contribution in [3.05, 3.63) is 54.6 Å². The van der Waals surface area contributed by atoms with Crippen LogP contribution in [0.2, 0.25) is 0 Å². The predicted molar refractivity (Wildman–Crippen MR) is 118 cm³/mol. The minimum absolute atomic E-state index is 0.0258. The SMILES string of the molecule is CCOc1ccc(N2C(=O)CC(N(CC3CCCO3)S(=O)(=O)c3ccccc3)C2=O)cc1. The van der Waals surface area contributed by atoms with E-state index in [1.165, 1.54) is 12.1 Å². The van der Waals surface area contributed by atoms with E-state index in [4.69, 9.17) is 9.47 Å². The number of hydrogen-bond acceptors (Lipinski definition) is 6. The lowest BCUT2D eigenvalue weighted by molar-refractivity contribution is -0.122. The fourth-order valence-corrected chi connectivity index (χ4v) is 5.71. The van der Waals surface area contributed by atoms with Crippen molar-refractivity contribution in [3.8, 4) is 5.75 Å². The summed E-state index contributed by atoms with van der Waals surface area (Å²) in [6.07, 6.45) is 1.01. The number of imide groups is 1. The van der Waals surface area contributed by atoms with Gasteiger partial charge in [0.05, 0.1) is 29.7 Å². The summed E-state index contributed by atoms with van der Waals surface area (Å²) in [5.41, 5.74) is 0.389. The third-order valence-corrected chi connectivity index (χ3v) is 7.52. The number of hydrogen-bond donors (Lipinski definition) is 0. The van der Waals surface area contributed by atoms with E-state index in [2.05, 4.69) is 0 Å². The summed E-state index contributed by atoms with van der Waals surface area (Å²) in [5.74, 6) is -0.375. The first kappa shape index (κ1) is 22.4. The molecule has 0 saturated carbocycles. The zero-order chi connectivity index (χ0) is 22.7. The second kappa shape index (κ2) is 9.40. The van der Waals surface area contributed by atoms with Gasteiger partial charge in [0.1, 0.15) is 11.8 Å². The van der Waals surface area contributed by atoms with Gasteiger partial charge in [-0.05, 0) is 56.2 Å². The van der Waals surface area contributed by atoms with Gasteiger partial charge in [-0.3, -0.25) is 9.59 Å². The highest BCUT2D eigenvalue weighted by molar-refractivity contribution is 7.89. The Balaban J connectivity index is 1.65. The van der Waals surface area contributed by atoms with Crippen LogP contribution in [0, 0.1) is 0 Å². The van der Waals surface area contributed by atoms with E-state index < -0.39 is 27.9 Å². The first-order valence-electron chi connectivity index (χ1n) is 10.7. The van der Waals surface area contributed by atoms with Gasteiger partial charge in [0.25, 0.3) is 5.91 Å². The first-order chi connectivity index (χ1) is 15.4. The van der Waals surface area contributed by atoms with Crippen molar-refractivity contribution in [2.45, 2.75) is 43.2 Å². The number of anilines is 1. The molecular formula is C23H26N2O6S. The van der Waals surface area contributed by atoms with E-state index in [1.807, 2.05) is 6.92 Å². The summed E-state index contributed by atoms with van der Waals surface area (Å²) in [5, 5.41) is 0. The molecule has 32 heavy (non-hydrogen) atoms. The fourth-order valence-electron chi connectivity index (χ4n) is 4.08. The maximum atomic E-state index is 13.5. The van der Waals surface area contributed by atoms with Crippen LogP contribution >= 0.6 is 0 Å². The summed E-state index contributed by atoms with van der Waals surface area (Å²) in [6, 6.07) is 13.4. The molecule has 2 aliphatic rings. The monoisotopic (exact) mass is 458 g/mol. The Kier molecular flexibility index (Phi) is 6.59. The minimum Gasteiger partial charge on any atom is -0.494 e. The van der Waals surface area contributed by atoms with Gasteiger partial charge in [0.2, 0.25) is 15.9 Å². The second-order valence-electron chi connectivity index (χ2n) is 7.74. The fraction of sp³-hybridized carbons (Fsp3) is 0.391. The Morgan fingerprint density at radius 3 is 2.44 bits per heavy atom. The molecule has 2 aromatic rings. The summed E-state index contributed by atoms with van der Waals surface area (Å²) < 4.78 is 39.2. The van der Waals surface area contributed by atoms with Crippen LogP contribution in [0.25, 0.3) is 0 Å². The molecule has 0 radical (unpaired) electrons. The highest BCUT2D eigenvalue weighted by Gasteiger charge is 2.47. The molecule has 0 aromatic heterocycles. The lowest BCUT2D eigenvalue weighted by Gasteiger charge is -2.28. The number of rotatable bonds is 8. The van der Waals surface area contributed by atoms with Gasteiger partial charge in [-0.1, -0.05) is 18.2 Å². The molecule has 170 valence electrons. The Morgan fingerprint density at radius 2 is 1.81 bits per heavy atom. The maximum absolute atomic E-state index is 13.5. The molecule has 2 aliphatic heterocycles. The quantitative estimate of drug-likeness (QED) is 0.565. The van der Waals surface area contributed by atoms with Crippen LogP contribution in [0.4, 0.5) is 5.69 Å². The van der Waals surface area contributed by atoms with E-state index in [0.717, 1.165) is 15.6 Å². The summed E-state index contributed by atoms with van der Waals surface area (Å²) in [6.45, 7) is 2.94. The van der Waals surface area contributed by atoms with Crippen LogP contribution in [0.15, 0.2) is 59.5 Å². The zero-order valence-electron chi connectivity index (χ0n) is 17.8. The Hall–Kier alpha value is -2.75. The lowest BCUT2D eigenvalue weighted by atomic mass is 10.2. The van der Waals surface area contributed by atoms with Gasteiger partial charge in [-0.25, -0.2) is 13.3 Å². The average Bonchev–Trinajstić information content (AvgIpc) is 3.41. The van der Waals surface area contributed by atoms with Crippen molar-refractivity contribution < 1.29 is 27.5 Å². The predicted octanol–water partition coefficient (Wildman–Crippen LogP) is 2.59. The molecule has 9 heteroatoms. The van der Waals surface area contributed by atoms with Crippen molar-refractivity contribution >= 4 is 27.5 Å². The van der Waals surface area contributed by atoms with Gasteiger partial charge < -0.3 is 9.47 Å². The molecule has 2 heterocycles. The van der Waals surface area contributed by atoms with Crippen molar-refractivity contribution in [3.63, 3.8) is 0 Å². The standard InChI is InChI=1S/C23H26N2O6S/c1-2-30-18-12-10-17(11-13-18)25-22(26)15-21(23(25)27)24(16-19-7-6-14-31-19)32(28,29)20-8-4-3-5-9-20/h3-5,8-13,19,21H,2,6-7,14-16H2,1H3. The molecular weight excluding hydrogens is 432 g/mol. The Bertz CT molecular complexity index is 1070. The van der Waals surface area contributed by atoms with Crippen molar-refractivity contribution in [1.29, 1.82) is 0 Å². The Labute approximate surface area is 187 Å². The molecule has 2 fully saturated rings. The van der Waals surface area contributed by atoms with Crippen LogP contribution in [0.3, 0.4) is 0 Å². The number of carbonyl (C=O) groups excluding carboxylic acids is 2. The lowest BCUT2D eigenvalue weighted by Crippen LogP contribution is -2.48. The smallest absolute Gasteiger partial charge is 0.252 e. The summed E-state index contributed by atoms with van der Waals surface area (Å²) in [7, 11) is -4.01. The molecule has 0 aliphatic carbocycles. The number of nitrogens with zero attached hydrogens (tertiary/aromatic N) is 2. The number of benzene rings is 2. The second-order valence-corrected chi connectivity index (χ2v) is 9.63. The van der Waals surface area contributed by atoms with Gasteiger partial charge in [0.15, 0.2) is 0 Å². The van der Waals surface area contributed by atoms with Crippen molar-refractivity contribution in [1.82, 2.24) is 4.31 Å². The van der Waals surface area contributed by atoms with Crippen molar-refractivity contribution in [2.75, 3.05) is 24.7 Å². The van der Waals surface area contributed by atoms with Gasteiger partial charge in [0, 0.05) is 13.2 Å². The van der Waals surface area contributed by atoms with E-state index in [9.17, 15) is 18.0 Å². The normalized spacial score (nSPS) is 21.5. The van der Waals surface area contributed by atoms with Crippen molar-refractivity contribution in [2.24, 2.45) is 0 Å². The van der Waals surface area contributed by atoms with E-state index >= 15 is 0 Å². The van der Waals surface area contributed by atoms with Gasteiger partial charge >= 0.3 is 0 Å². The zero-order valence-corrected chi connectivity index (χ0v) is 18.7. The average molecular weight is 459 g/mol.